The predicted octanol–water partition coefficient (Wildman–Crippen LogP) is 9.79. The zero-order chi connectivity index (χ0) is 35.4. The van der Waals surface area contributed by atoms with Crippen molar-refractivity contribution in [3.05, 3.63) is 129 Å². The van der Waals surface area contributed by atoms with Crippen LogP contribution in [0.5, 0.6) is 11.5 Å². The highest BCUT2D eigenvalue weighted by atomic mass is 19.4. The van der Waals surface area contributed by atoms with Crippen molar-refractivity contribution in [1.82, 2.24) is 0 Å². The molecule has 0 aromatic heterocycles. The molecule has 14 heteroatoms. The van der Waals surface area contributed by atoms with Crippen molar-refractivity contribution in [3.8, 4) is 35.2 Å². The summed E-state index contributed by atoms with van der Waals surface area (Å²) in [5, 5.41) is 0. The van der Waals surface area contributed by atoms with Crippen molar-refractivity contribution in [2.75, 3.05) is 6.61 Å². The van der Waals surface area contributed by atoms with Gasteiger partial charge in [0.05, 0.1) is 17.7 Å². The van der Waals surface area contributed by atoms with Crippen molar-refractivity contribution < 1.29 is 62.2 Å². The quantitative estimate of drug-likeness (QED) is 0.110. The zero-order valence-corrected chi connectivity index (χ0v) is 24.2. The summed E-state index contributed by atoms with van der Waals surface area (Å²) in [5.41, 5.74) is -6.33. The van der Waals surface area contributed by atoms with Gasteiger partial charge in [0.2, 0.25) is 0 Å². The summed E-state index contributed by atoms with van der Waals surface area (Å²) in [7, 11) is 0. The first-order chi connectivity index (χ1) is 22.5. The Balaban J connectivity index is 1.52. The maximum absolute atomic E-state index is 14.7. The Bertz CT molecular complexity index is 1910. The number of hydrogen-bond donors (Lipinski definition) is 0. The second-order valence-electron chi connectivity index (χ2n) is 9.85. The van der Waals surface area contributed by atoms with E-state index in [2.05, 4.69) is 16.6 Å². The van der Waals surface area contributed by atoms with Crippen molar-refractivity contribution in [3.63, 3.8) is 0 Å². The first-order valence-corrected chi connectivity index (χ1v) is 13.6. The third kappa shape index (κ3) is 8.37. The van der Waals surface area contributed by atoms with Gasteiger partial charge in [0.25, 0.3) is 0 Å². The average Bonchev–Trinajstić information content (AvgIpc) is 2.94. The fourth-order valence-corrected chi connectivity index (χ4v) is 4.06. The molecule has 4 aromatic carbocycles. The molecule has 4 rings (SSSR count). The van der Waals surface area contributed by atoms with E-state index in [1.165, 1.54) is 0 Å². The van der Waals surface area contributed by atoms with Gasteiger partial charge in [-0.2, -0.15) is 22.0 Å². The maximum atomic E-state index is 14.7. The molecular formula is C34H18F12O2. The highest BCUT2D eigenvalue weighted by Gasteiger charge is 2.41. The molecule has 0 bridgehead atoms. The molecule has 0 aliphatic carbocycles. The molecule has 4 aromatic rings. The number of halogens is 12. The summed E-state index contributed by atoms with van der Waals surface area (Å²) in [6.45, 7) is 1.94. The molecule has 0 aliphatic heterocycles. The van der Waals surface area contributed by atoms with E-state index >= 15 is 0 Å². The van der Waals surface area contributed by atoms with E-state index in [4.69, 9.17) is 4.74 Å². The smallest absolute Gasteiger partial charge is 0.432 e. The van der Waals surface area contributed by atoms with E-state index in [1.54, 1.807) is 0 Å². The van der Waals surface area contributed by atoms with Gasteiger partial charge in [-0.15, -0.1) is 0 Å². The first-order valence-electron chi connectivity index (χ1n) is 13.6. The van der Waals surface area contributed by atoms with Crippen LogP contribution in [0, 0.1) is 64.4 Å². The summed E-state index contributed by atoms with van der Waals surface area (Å²) in [5.74, 6) is -4.10. The lowest BCUT2D eigenvalue weighted by molar-refractivity contribution is -0.189. The molecule has 0 N–H and O–H groups in total. The third-order valence-corrected chi connectivity index (χ3v) is 6.30. The van der Waals surface area contributed by atoms with E-state index in [0.29, 0.717) is 43.2 Å². The Morgan fingerprint density at radius 1 is 0.562 bits per heavy atom. The van der Waals surface area contributed by atoms with Crippen LogP contribution < -0.4 is 9.47 Å². The largest absolute Gasteiger partial charge is 0.493 e. The van der Waals surface area contributed by atoms with Gasteiger partial charge >= 0.3 is 12.3 Å². The first kappa shape index (κ1) is 35.6. The molecule has 2 nitrogen and oxygen atoms in total. The molecular weight excluding hydrogens is 668 g/mol. The number of hydrogen-bond acceptors (Lipinski definition) is 2. The number of ether oxygens (including phenoxy) is 2. The van der Waals surface area contributed by atoms with Gasteiger partial charge in [0.15, 0.2) is 0 Å². The number of unbranched alkanes of at least 4 members (excludes halogenated alkanes) is 1. The zero-order valence-electron chi connectivity index (χ0n) is 24.2. The van der Waals surface area contributed by atoms with Crippen LogP contribution in [0.2, 0.25) is 0 Å². The lowest BCUT2D eigenvalue weighted by Gasteiger charge is -2.20. The highest BCUT2D eigenvalue weighted by Crippen LogP contribution is 2.37. The molecule has 0 saturated heterocycles. The minimum absolute atomic E-state index is 0.0984. The highest BCUT2D eigenvalue weighted by molar-refractivity contribution is 5.50. The standard InChI is InChI=1S/C34H18F12O2/c1-2-3-10-47-22-16-29(40)32(30(41)17-22)34(45,46)48-21-8-7-20(24(35)15-21)6-4-18-11-25(36)23(26(37)12-18)9-5-19-13-27(38)31(28(39)14-19)33(42,43)44/h7-8,11-17H,2-3,10H2,1H3. The van der Waals surface area contributed by atoms with Crippen LogP contribution in [0.25, 0.3) is 0 Å². The fourth-order valence-electron chi connectivity index (χ4n) is 4.06. The molecule has 0 radical (unpaired) electrons. The second kappa shape index (κ2) is 14.3. The normalized spacial score (nSPS) is 11.4. The van der Waals surface area contributed by atoms with Crippen LogP contribution in [0.15, 0.2) is 54.6 Å². The Hall–Kier alpha value is -5.24. The summed E-state index contributed by atoms with van der Waals surface area (Å²) >= 11 is 0. The second-order valence-corrected chi connectivity index (χ2v) is 9.85. The predicted molar refractivity (Wildman–Crippen MR) is 147 cm³/mol. The monoisotopic (exact) mass is 686 g/mol. The molecule has 0 fully saturated rings. The van der Waals surface area contributed by atoms with Gasteiger partial charge in [-0.3, -0.25) is 0 Å². The Morgan fingerprint density at radius 3 is 1.58 bits per heavy atom. The third-order valence-electron chi connectivity index (χ3n) is 6.30. The van der Waals surface area contributed by atoms with Crippen LogP contribution in [-0.2, 0) is 12.3 Å². The molecule has 0 aliphatic rings. The maximum Gasteiger partial charge on any atom is 0.432 e. The Kier molecular flexibility index (Phi) is 10.6. The lowest BCUT2D eigenvalue weighted by atomic mass is 10.1. The number of benzene rings is 4. The molecule has 48 heavy (non-hydrogen) atoms. The van der Waals surface area contributed by atoms with Crippen LogP contribution in [-0.4, -0.2) is 6.61 Å². The SMILES string of the molecule is CCCCOc1cc(F)c(C(F)(F)Oc2ccc(C#Cc3cc(F)c(C#Cc4cc(F)c(C(F)(F)F)c(F)c4)c(F)c3)c(F)c2)c(F)c1. The van der Waals surface area contributed by atoms with Crippen LogP contribution >= 0.6 is 0 Å². The van der Waals surface area contributed by atoms with E-state index in [0.717, 1.165) is 12.1 Å². The summed E-state index contributed by atoms with van der Waals surface area (Å²) < 4.78 is 177. The molecule has 0 unspecified atom stereocenters. The van der Waals surface area contributed by atoms with Gasteiger partial charge in [-0.1, -0.05) is 37.0 Å². The fraction of sp³-hybridized carbons (Fsp3) is 0.176. The molecule has 0 heterocycles. The van der Waals surface area contributed by atoms with Gasteiger partial charge in [-0.05, 0) is 42.8 Å². The minimum atomic E-state index is -5.33. The van der Waals surface area contributed by atoms with Gasteiger partial charge < -0.3 is 9.47 Å². The molecule has 0 saturated carbocycles. The van der Waals surface area contributed by atoms with Crippen LogP contribution in [0.3, 0.4) is 0 Å². The summed E-state index contributed by atoms with van der Waals surface area (Å²) in [6, 6.07) is 4.95. The molecule has 0 amide bonds. The van der Waals surface area contributed by atoms with Crippen LogP contribution in [0.1, 0.15) is 53.1 Å². The topological polar surface area (TPSA) is 18.5 Å². The number of alkyl halides is 5. The Morgan fingerprint density at radius 2 is 1.06 bits per heavy atom. The Labute approximate surface area is 264 Å². The molecule has 0 spiro atoms. The van der Waals surface area contributed by atoms with Gasteiger partial charge in [-0.25, -0.2) is 30.7 Å². The minimum Gasteiger partial charge on any atom is -0.493 e. The number of rotatable bonds is 7. The van der Waals surface area contributed by atoms with Gasteiger partial charge in [0, 0.05) is 29.3 Å². The van der Waals surface area contributed by atoms with Crippen LogP contribution in [0.4, 0.5) is 52.7 Å². The van der Waals surface area contributed by atoms with E-state index in [9.17, 15) is 52.7 Å². The van der Waals surface area contributed by atoms with Gasteiger partial charge in [0.1, 0.15) is 63.3 Å². The van der Waals surface area contributed by atoms with Crippen molar-refractivity contribution in [2.24, 2.45) is 0 Å². The average molecular weight is 686 g/mol. The lowest BCUT2D eigenvalue weighted by Crippen LogP contribution is -2.25. The molecule has 250 valence electrons. The van der Waals surface area contributed by atoms with Crippen molar-refractivity contribution in [1.29, 1.82) is 0 Å². The van der Waals surface area contributed by atoms with E-state index in [-0.39, 0.29) is 30.1 Å². The van der Waals surface area contributed by atoms with Crippen molar-refractivity contribution >= 4 is 0 Å². The summed E-state index contributed by atoms with van der Waals surface area (Å²) in [4.78, 5) is 0. The summed E-state index contributed by atoms with van der Waals surface area (Å²) in [6.07, 6.45) is -8.66. The van der Waals surface area contributed by atoms with E-state index < -0.39 is 86.6 Å². The van der Waals surface area contributed by atoms with E-state index in [1.807, 2.05) is 18.8 Å². The molecule has 0 atom stereocenters. The van der Waals surface area contributed by atoms with Crippen molar-refractivity contribution in [2.45, 2.75) is 32.1 Å².